The zero-order valence-corrected chi connectivity index (χ0v) is 8.89. The molecular weight excluding hydrogens is 174 g/mol. The van der Waals surface area contributed by atoms with Crippen molar-refractivity contribution in [3.8, 4) is 0 Å². The van der Waals surface area contributed by atoms with Gasteiger partial charge in [0.25, 0.3) is 0 Å². The number of rotatable bonds is 4. The van der Waals surface area contributed by atoms with E-state index in [0.717, 1.165) is 17.1 Å². The van der Waals surface area contributed by atoms with E-state index in [4.69, 9.17) is 0 Å². The highest BCUT2D eigenvalue weighted by atomic mass is 15.1. The lowest BCUT2D eigenvalue weighted by molar-refractivity contribution is 0.825. The van der Waals surface area contributed by atoms with Crippen LogP contribution in [0.25, 0.3) is 5.70 Å². The van der Waals surface area contributed by atoms with Gasteiger partial charge in [0.1, 0.15) is 5.82 Å². The van der Waals surface area contributed by atoms with Crippen molar-refractivity contribution in [2.75, 3.05) is 21.1 Å². The molecule has 1 aromatic rings. The van der Waals surface area contributed by atoms with Crippen LogP contribution in [0.3, 0.4) is 0 Å². The molecule has 0 heterocycles. The van der Waals surface area contributed by atoms with Crippen LogP contribution < -0.4 is 16.0 Å². The maximum Gasteiger partial charge on any atom is 0.123 e. The zero-order valence-electron chi connectivity index (χ0n) is 8.89. The molecule has 3 heteroatoms. The van der Waals surface area contributed by atoms with Crippen LogP contribution in [0.5, 0.6) is 0 Å². The second-order valence-electron chi connectivity index (χ2n) is 2.87. The molecule has 0 aliphatic heterocycles. The number of nitrogens with one attached hydrogen (secondary N) is 3. The van der Waals surface area contributed by atoms with Gasteiger partial charge >= 0.3 is 0 Å². The highest BCUT2D eigenvalue weighted by molar-refractivity contribution is 5.65. The largest absolute Gasteiger partial charge is 0.385 e. The lowest BCUT2D eigenvalue weighted by Gasteiger charge is -2.14. The summed E-state index contributed by atoms with van der Waals surface area (Å²) >= 11 is 0. The van der Waals surface area contributed by atoms with Crippen molar-refractivity contribution >= 4 is 5.70 Å². The standard InChI is InChI=1S/C11H17N3/c1-12-10(11(13-2)14-3)9-7-5-4-6-8-9/h4-8,12-14H,1-3H3. The molecule has 76 valence electrons. The normalized spacial score (nSPS) is 9.07. The van der Waals surface area contributed by atoms with Crippen molar-refractivity contribution in [2.45, 2.75) is 0 Å². The second kappa shape index (κ2) is 5.17. The Labute approximate surface area is 85.2 Å². The van der Waals surface area contributed by atoms with Gasteiger partial charge in [0.15, 0.2) is 0 Å². The van der Waals surface area contributed by atoms with Crippen LogP contribution in [0.1, 0.15) is 5.56 Å². The summed E-state index contributed by atoms with van der Waals surface area (Å²) in [6.45, 7) is 0. The van der Waals surface area contributed by atoms with Crippen LogP contribution in [-0.2, 0) is 0 Å². The third kappa shape index (κ3) is 2.19. The van der Waals surface area contributed by atoms with E-state index >= 15 is 0 Å². The first-order valence-corrected chi connectivity index (χ1v) is 4.66. The average Bonchev–Trinajstić information content (AvgIpc) is 2.27. The summed E-state index contributed by atoms with van der Waals surface area (Å²) in [5.41, 5.74) is 2.23. The van der Waals surface area contributed by atoms with Gasteiger partial charge in [-0.1, -0.05) is 30.3 Å². The van der Waals surface area contributed by atoms with Gasteiger partial charge in [0.2, 0.25) is 0 Å². The van der Waals surface area contributed by atoms with Crippen molar-refractivity contribution < 1.29 is 0 Å². The summed E-state index contributed by atoms with van der Waals surface area (Å²) in [7, 11) is 5.70. The summed E-state index contributed by atoms with van der Waals surface area (Å²) in [5.74, 6) is 0.985. The van der Waals surface area contributed by atoms with Gasteiger partial charge in [-0.15, -0.1) is 0 Å². The fourth-order valence-electron chi connectivity index (χ4n) is 1.39. The molecule has 0 amide bonds. The molecule has 3 N–H and O–H groups in total. The van der Waals surface area contributed by atoms with Crippen LogP contribution in [0, 0.1) is 0 Å². The summed E-state index contributed by atoms with van der Waals surface area (Å²) in [5, 5.41) is 9.39. The van der Waals surface area contributed by atoms with Gasteiger partial charge in [-0.2, -0.15) is 0 Å². The van der Waals surface area contributed by atoms with Gasteiger partial charge in [0.05, 0.1) is 5.70 Å². The van der Waals surface area contributed by atoms with Gasteiger partial charge in [0, 0.05) is 26.7 Å². The minimum Gasteiger partial charge on any atom is -0.385 e. The molecule has 0 bridgehead atoms. The monoisotopic (exact) mass is 191 g/mol. The molecule has 0 atom stereocenters. The molecule has 3 nitrogen and oxygen atoms in total. The third-order valence-electron chi connectivity index (χ3n) is 2.06. The van der Waals surface area contributed by atoms with Crippen molar-refractivity contribution in [1.29, 1.82) is 0 Å². The molecule has 0 fully saturated rings. The fourth-order valence-corrected chi connectivity index (χ4v) is 1.39. The summed E-state index contributed by atoms with van der Waals surface area (Å²) in [6.07, 6.45) is 0. The molecule has 0 spiro atoms. The minimum absolute atomic E-state index is 0.985. The lowest BCUT2D eigenvalue weighted by Crippen LogP contribution is -2.25. The Balaban J connectivity index is 3.09. The molecule has 0 aliphatic carbocycles. The van der Waals surface area contributed by atoms with Gasteiger partial charge in [-0.05, 0) is 0 Å². The van der Waals surface area contributed by atoms with E-state index in [2.05, 4.69) is 28.1 Å². The Morgan fingerprint density at radius 1 is 0.857 bits per heavy atom. The molecule has 14 heavy (non-hydrogen) atoms. The Hall–Kier alpha value is -1.64. The zero-order chi connectivity index (χ0) is 10.4. The molecule has 0 radical (unpaired) electrons. The van der Waals surface area contributed by atoms with E-state index in [-0.39, 0.29) is 0 Å². The van der Waals surface area contributed by atoms with E-state index in [1.807, 2.05) is 39.3 Å². The van der Waals surface area contributed by atoms with Crippen LogP contribution >= 0.6 is 0 Å². The van der Waals surface area contributed by atoms with Crippen molar-refractivity contribution in [2.24, 2.45) is 0 Å². The van der Waals surface area contributed by atoms with Crippen LogP contribution in [0.15, 0.2) is 36.2 Å². The number of benzene rings is 1. The van der Waals surface area contributed by atoms with Crippen molar-refractivity contribution in [3.63, 3.8) is 0 Å². The van der Waals surface area contributed by atoms with Gasteiger partial charge in [-0.25, -0.2) is 0 Å². The molecular formula is C11H17N3. The van der Waals surface area contributed by atoms with Crippen molar-refractivity contribution in [1.82, 2.24) is 16.0 Å². The molecule has 0 saturated carbocycles. The quantitative estimate of drug-likeness (QED) is 0.663. The van der Waals surface area contributed by atoms with E-state index in [0.29, 0.717) is 0 Å². The second-order valence-corrected chi connectivity index (χ2v) is 2.87. The average molecular weight is 191 g/mol. The highest BCUT2D eigenvalue weighted by Crippen LogP contribution is 2.11. The number of hydrogen-bond donors (Lipinski definition) is 3. The van der Waals surface area contributed by atoms with Crippen LogP contribution in [0.2, 0.25) is 0 Å². The van der Waals surface area contributed by atoms with E-state index in [1.165, 1.54) is 0 Å². The Bertz CT molecular complexity index is 298. The topological polar surface area (TPSA) is 36.1 Å². The SMILES string of the molecule is CNC(NC)=C(NC)c1ccccc1. The highest BCUT2D eigenvalue weighted by Gasteiger charge is 2.03. The molecule has 0 saturated heterocycles. The molecule has 1 aromatic carbocycles. The number of hydrogen-bond acceptors (Lipinski definition) is 3. The summed E-state index contributed by atoms with van der Waals surface area (Å²) in [6, 6.07) is 10.2. The molecule has 0 aliphatic rings. The first-order chi connectivity index (χ1) is 6.83. The Kier molecular flexibility index (Phi) is 3.85. The van der Waals surface area contributed by atoms with E-state index in [9.17, 15) is 0 Å². The van der Waals surface area contributed by atoms with Crippen LogP contribution in [0.4, 0.5) is 0 Å². The van der Waals surface area contributed by atoms with Crippen LogP contribution in [-0.4, -0.2) is 21.1 Å². The predicted octanol–water partition coefficient (Wildman–Crippen LogP) is 0.971. The lowest BCUT2D eigenvalue weighted by atomic mass is 10.1. The first kappa shape index (κ1) is 10.4. The van der Waals surface area contributed by atoms with E-state index < -0.39 is 0 Å². The molecule has 0 unspecified atom stereocenters. The van der Waals surface area contributed by atoms with Gasteiger partial charge in [-0.3, -0.25) is 0 Å². The van der Waals surface area contributed by atoms with Crippen molar-refractivity contribution in [3.05, 3.63) is 41.7 Å². The summed E-state index contributed by atoms with van der Waals surface area (Å²) in [4.78, 5) is 0. The maximum absolute atomic E-state index is 3.17. The maximum atomic E-state index is 3.17. The smallest absolute Gasteiger partial charge is 0.123 e. The van der Waals surface area contributed by atoms with E-state index in [1.54, 1.807) is 0 Å². The van der Waals surface area contributed by atoms with Gasteiger partial charge < -0.3 is 16.0 Å². The molecule has 1 rings (SSSR count). The summed E-state index contributed by atoms with van der Waals surface area (Å²) < 4.78 is 0. The minimum atomic E-state index is 0.985. The first-order valence-electron chi connectivity index (χ1n) is 4.66. The predicted molar refractivity (Wildman–Crippen MR) is 60.5 cm³/mol. The Morgan fingerprint density at radius 3 is 1.86 bits per heavy atom. The third-order valence-corrected chi connectivity index (χ3v) is 2.06. The fraction of sp³-hybridized carbons (Fsp3) is 0.273. The Morgan fingerprint density at radius 2 is 1.43 bits per heavy atom. The molecule has 0 aromatic heterocycles.